The van der Waals surface area contributed by atoms with E-state index in [-0.39, 0.29) is 18.0 Å². The zero-order chi connectivity index (χ0) is 18.9. The van der Waals surface area contributed by atoms with Crippen molar-refractivity contribution in [2.75, 3.05) is 26.2 Å². The molecular weight excluding hydrogens is 318 g/mol. The Labute approximate surface area is 153 Å². The van der Waals surface area contributed by atoms with Crippen LogP contribution in [0.5, 0.6) is 0 Å². The molecule has 25 heavy (non-hydrogen) atoms. The number of piperazine rings is 1. The van der Waals surface area contributed by atoms with Gasteiger partial charge in [-0.15, -0.1) is 0 Å². The van der Waals surface area contributed by atoms with Gasteiger partial charge in [-0.1, -0.05) is 39.0 Å². The molecule has 6 heteroatoms. The van der Waals surface area contributed by atoms with E-state index in [1.165, 1.54) is 25.7 Å². The van der Waals surface area contributed by atoms with Gasteiger partial charge in [0.05, 0.1) is 6.04 Å². The van der Waals surface area contributed by atoms with Gasteiger partial charge in [0.15, 0.2) is 0 Å². The lowest BCUT2D eigenvalue weighted by atomic mass is 10.1. The van der Waals surface area contributed by atoms with E-state index in [4.69, 9.17) is 10.5 Å². The topological polar surface area (TPSA) is 75.9 Å². The van der Waals surface area contributed by atoms with E-state index in [9.17, 15) is 9.59 Å². The second kappa shape index (κ2) is 10.6. The van der Waals surface area contributed by atoms with Crippen LogP contribution in [-0.2, 0) is 9.53 Å². The zero-order valence-corrected chi connectivity index (χ0v) is 16.6. The SMILES string of the molecule is CCCCCCCCC(=O)N1CCN(C(=O)OC(C)(C)C)CC1CN. The number of rotatable bonds is 8. The van der Waals surface area contributed by atoms with Gasteiger partial charge in [-0.25, -0.2) is 4.79 Å². The predicted octanol–water partition coefficient (Wildman–Crippen LogP) is 3.14. The van der Waals surface area contributed by atoms with Crippen LogP contribution < -0.4 is 5.73 Å². The maximum absolute atomic E-state index is 12.5. The van der Waals surface area contributed by atoms with Crippen LogP contribution in [0.2, 0.25) is 0 Å². The van der Waals surface area contributed by atoms with Gasteiger partial charge >= 0.3 is 6.09 Å². The first-order valence-electron chi connectivity index (χ1n) is 9.76. The highest BCUT2D eigenvalue weighted by Gasteiger charge is 2.33. The van der Waals surface area contributed by atoms with Gasteiger partial charge in [-0.05, 0) is 27.2 Å². The Kier molecular flexibility index (Phi) is 9.25. The highest BCUT2D eigenvalue weighted by molar-refractivity contribution is 5.77. The molecule has 1 aliphatic rings. The largest absolute Gasteiger partial charge is 0.444 e. The third-order valence-electron chi connectivity index (χ3n) is 4.47. The van der Waals surface area contributed by atoms with Gasteiger partial charge in [0.1, 0.15) is 5.60 Å². The third-order valence-corrected chi connectivity index (χ3v) is 4.47. The summed E-state index contributed by atoms with van der Waals surface area (Å²) >= 11 is 0. The fraction of sp³-hybridized carbons (Fsp3) is 0.895. The van der Waals surface area contributed by atoms with Crippen LogP contribution >= 0.6 is 0 Å². The highest BCUT2D eigenvalue weighted by Crippen LogP contribution is 2.16. The van der Waals surface area contributed by atoms with E-state index in [1.807, 2.05) is 25.7 Å². The van der Waals surface area contributed by atoms with Gasteiger partial charge in [0.25, 0.3) is 0 Å². The molecule has 0 bridgehead atoms. The molecule has 1 unspecified atom stereocenters. The predicted molar refractivity (Wildman–Crippen MR) is 100 cm³/mol. The first-order valence-corrected chi connectivity index (χ1v) is 9.76. The van der Waals surface area contributed by atoms with Crippen LogP contribution in [0.4, 0.5) is 4.79 Å². The summed E-state index contributed by atoms with van der Waals surface area (Å²) in [5, 5.41) is 0. The molecule has 1 fully saturated rings. The lowest BCUT2D eigenvalue weighted by molar-refractivity contribution is -0.136. The van der Waals surface area contributed by atoms with Crippen LogP contribution in [-0.4, -0.2) is 59.6 Å². The molecule has 2 amide bonds. The fourth-order valence-corrected chi connectivity index (χ4v) is 3.08. The maximum atomic E-state index is 12.5. The molecule has 0 aromatic rings. The third kappa shape index (κ3) is 8.08. The molecule has 2 N–H and O–H groups in total. The van der Waals surface area contributed by atoms with Crippen LogP contribution in [0, 0.1) is 0 Å². The smallest absolute Gasteiger partial charge is 0.410 e. The molecule has 0 radical (unpaired) electrons. The summed E-state index contributed by atoms with van der Waals surface area (Å²) in [7, 11) is 0. The molecular formula is C19H37N3O3. The maximum Gasteiger partial charge on any atom is 0.410 e. The molecule has 1 saturated heterocycles. The van der Waals surface area contributed by atoms with Crippen molar-refractivity contribution in [2.24, 2.45) is 5.73 Å². The summed E-state index contributed by atoms with van der Waals surface area (Å²) in [6.07, 6.45) is 7.26. The second-order valence-corrected chi connectivity index (χ2v) is 7.92. The Morgan fingerprint density at radius 2 is 1.72 bits per heavy atom. The van der Waals surface area contributed by atoms with Crippen molar-refractivity contribution in [1.82, 2.24) is 9.80 Å². The molecule has 6 nitrogen and oxygen atoms in total. The molecule has 1 aliphatic heterocycles. The minimum absolute atomic E-state index is 0.117. The zero-order valence-electron chi connectivity index (χ0n) is 16.6. The number of hydrogen-bond acceptors (Lipinski definition) is 4. The van der Waals surface area contributed by atoms with Gasteiger partial charge < -0.3 is 20.3 Å². The monoisotopic (exact) mass is 355 g/mol. The molecule has 0 aromatic heterocycles. The summed E-state index contributed by atoms with van der Waals surface area (Å²) in [5.74, 6) is 0.162. The standard InChI is InChI=1S/C19H37N3O3/c1-5-6-7-8-9-10-11-17(23)22-13-12-21(15-16(22)14-20)18(24)25-19(2,3)4/h16H,5-15,20H2,1-4H3. The van der Waals surface area contributed by atoms with E-state index in [0.717, 1.165) is 12.8 Å². The van der Waals surface area contributed by atoms with Gasteiger partial charge in [-0.3, -0.25) is 4.79 Å². The Bertz CT molecular complexity index is 421. The second-order valence-electron chi connectivity index (χ2n) is 7.92. The number of hydrogen-bond donors (Lipinski definition) is 1. The Morgan fingerprint density at radius 3 is 2.32 bits per heavy atom. The molecule has 0 saturated carbocycles. The molecule has 0 aliphatic carbocycles. The number of unbranched alkanes of at least 4 members (excludes halogenated alkanes) is 5. The number of carbonyl (C=O) groups is 2. The number of ether oxygens (including phenoxy) is 1. The fourth-order valence-electron chi connectivity index (χ4n) is 3.08. The van der Waals surface area contributed by atoms with Crippen LogP contribution in [0.1, 0.15) is 72.6 Å². The van der Waals surface area contributed by atoms with E-state index in [2.05, 4.69) is 6.92 Å². The molecule has 1 atom stereocenters. The lowest BCUT2D eigenvalue weighted by Crippen LogP contribution is -2.59. The molecule has 1 rings (SSSR count). The van der Waals surface area contributed by atoms with Crippen molar-refractivity contribution in [3.63, 3.8) is 0 Å². The molecule has 0 aromatic carbocycles. The van der Waals surface area contributed by atoms with E-state index in [0.29, 0.717) is 32.6 Å². The van der Waals surface area contributed by atoms with Crippen LogP contribution in [0.25, 0.3) is 0 Å². The molecule has 0 spiro atoms. The van der Waals surface area contributed by atoms with Crippen molar-refractivity contribution >= 4 is 12.0 Å². The summed E-state index contributed by atoms with van der Waals surface area (Å²) in [6.45, 7) is 9.62. The first kappa shape index (κ1) is 21.7. The van der Waals surface area contributed by atoms with Gasteiger partial charge in [-0.2, -0.15) is 0 Å². The number of amides is 2. The van der Waals surface area contributed by atoms with Gasteiger partial charge in [0.2, 0.25) is 5.91 Å². The normalized spacial score (nSPS) is 18.4. The first-order chi connectivity index (χ1) is 11.8. The summed E-state index contributed by atoms with van der Waals surface area (Å²) < 4.78 is 5.42. The van der Waals surface area contributed by atoms with Crippen LogP contribution in [0.15, 0.2) is 0 Å². The van der Waals surface area contributed by atoms with E-state index < -0.39 is 5.60 Å². The summed E-state index contributed by atoms with van der Waals surface area (Å²) in [6, 6.07) is -0.117. The van der Waals surface area contributed by atoms with Crippen molar-refractivity contribution in [3.05, 3.63) is 0 Å². The summed E-state index contributed by atoms with van der Waals surface area (Å²) in [5.41, 5.74) is 5.34. The Hall–Kier alpha value is -1.30. The van der Waals surface area contributed by atoms with Crippen molar-refractivity contribution in [2.45, 2.75) is 84.3 Å². The van der Waals surface area contributed by atoms with Crippen molar-refractivity contribution in [1.29, 1.82) is 0 Å². The average Bonchev–Trinajstić information content (AvgIpc) is 2.55. The molecule has 1 heterocycles. The Morgan fingerprint density at radius 1 is 1.08 bits per heavy atom. The minimum atomic E-state index is -0.514. The van der Waals surface area contributed by atoms with Crippen LogP contribution in [0.3, 0.4) is 0 Å². The number of nitrogens with zero attached hydrogens (tertiary/aromatic N) is 2. The molecule has 146 valence electrons. The number of nitrogens with two attached hydrogens (primary N) is 1. The quantitative estimate of drug-likeness (QED) is 0.679. The van der Waals surface area contributed by atoms with Gasteiger partial charge in [0, 0.05) is 32.6 Å². The highest BCUT2D eigenvalue weighted by atomic mass is 16.6. The average molecular weight is 356 g/mol. The summed E-state index contributed by atoms with van der Waals surface area (Å²) in [4.78, 5) is 28.2. The van der Waals surface area contributed by atoms with Crippen molar-refractivity contribution < 1.29 is 14.3 Å². The number of carbonyl (C=O) groups excluding carboxylic acids is 2. The van der Waals surface area contributed by atoms with E-state index in [1.54, 1.807) is 4.90 Å². The van der Waals surface area contributed by atoms with Crippen molar-refractivity contribution in [3.8, 4) is 0 Å². The minimum Gasteiger partial charge on any atom is -0.444 e. The Balaban J connectivity index is 2.42. The van der Waals surface area contributed by atoms with E-state index >= 15 is 0 Å². The lowest BCUT2D eigenvalue weighted by Gasteiger charge is -2.41.